The highest BCUT2D eigenvalue weighted by molar-refractivity contribution is 6.36. The van der Waals surface area contributed by atoms with Gasteiger partial charge in [0.05, 0.1) is 28.1 Å². The van der Waals surface area contributed by atoms with Gasteiger partial charge >= 0.3 is 5.97 Å². The van der Waals surface area contributed by atoms with Crippen molar-refractivity contribution in [3.05, 3.63) is 99.5 Å². The Hall–Kier alpha value is -3.48. The summed E-state index contributed by atoms with van der Waals surface area (Å²) in [5.41, 5.74) is 2.08. The molecule has 38 heavy (non-hydrogen) atoms. The van der Waals surface area contributed by atoms with E-state index in [0.29, 0.717) is 16.6 Å². The number of hydrogen-bond donors (Lipinski definition) is 0. The average molecular weight is 548 g/mol. The van der Waals surface area contributed by atoms with E-state index in [4.69, 9.17) is 27.9 Å². The highest BCUT2D eigenvalue weighted by Crippen LogP contribution is 2.61. The van der Waals surface area contributed by atoms with Gasteiger partial charge in [0.15, 0.2) is 6.61 Å². The van der Waals surface area contributed by atoms with Crippen molar-refractivity contribution in [1.29, 1.82) is 0 Å². The van der Waals surface area contributed by atoms with Gasteiger partial charge in [-0.25, -0.2) is 4.79 Å². The van der Waals surface area contributed by atoms with Gasteiger partial charge in [-0.1, -0.05) is 53.5 Å². The number of nitrogens with zero attached hydrogens (tertiary/aromatic N) is 1. The Morgan fingerprint density at radius 3 is 2.29 bits per heavy atom. The zero-order chi connectivity index (χ0) is 26.6. The predicted octanol–water partition coefficient (Wildman–Crippen LogP) is 5.96. The molecule has 3 fully saturated rings. The molecule has 192 valence electrons. The summed E-state index contributed by atoms with van der Waals surface area (Å²) in [4.78, 5) is 53.1. The minimum absolute atomic E-state index is 0.153. The molecule has 1 heterocycles. The lowest BCUT2D eigenvalue weighted by Crippen LogP contribution is -2.33. The quantitative estimate of drug-likeness (QED) is 0.216. The van der Waals surface area contributed by atoms with E-state index in [0.717, 1.165) is 12.8 Å². The number of imide groups is 1. The van der Waals surface area contributed by atoms with Gasteiger partial charge in [0.25, 0.3) is 0 Å². The van der Waals surface area contributed by atoms with Crippen LogP contribution in [0.2, 0.25) is 10.0 Å². The summed E-state index contributed by atoms with van der Waals surface area (Å²) < 4.78 is 5.16. The molecule has 3 aliphatic rings. The van der Waals surface area contributed by atoms with E-state index in [-0.39, 0.29) is 51.6 Å². The summed E-state index contributed by atoms with van der Waals surface area (Å²) in [6.07, 6.45) is 1.83. The third kappa shape index (κ3) is 4.12. The van der Waals surface area contributed by atoms with E-state index in [2.05, 4.69) is 12.1 Å². The minimum atomic E-state index is -0.699. The zero-order valence-electron chi connectivity index (χ0n) is 20.2. The molecule has 0 N–H and O–H groups in total. The summed E-state index contributed by atoms with van der Waals surface area (Å²) in [5, 5.41) is 0.571. The van der Waals surface area contributed by atoms with Crippen LogP contribution in [0.25, 0.3) is 0 Å². The number of ether oxygens (including phenoxy) is 1. The number of halogens is 2. The van der Waals surface area contributed by atoms with Gasteiger partial charge in [0.1, 0.15) is 0 Å². The van der Waals surface area contributed by atoms with Crippen LogP contribution in [-0.2, 0) is 14.3 Å². The van der Waals surface area contributed by atoms with Crippen molar-refractivity contribution in [1.82, 2.24) is 0 Å². The Kier molecular flexibility index (Phi) is 6.33. The number of anilines is 1. The number of rotatable bonds is 6. The van der Waals surface area contributed by atoms with E-state index in [1.54, 1.807) is 12.1 Å². The molecule has 0 aromatic heterocycles. The first kappa shape index (κ1) is 24.8. The molecule has 2 aliphatic carbocycles. The molecule has 1 aliphatic heterocycles. The number of carbonyl (C=O) groups is 4. The number of carbonyl (C=O) groups excluding carboxylic acids is 4. The van der Waals surface area contributed by atoms with Crippen molar-refractivity contribution < 1.29 is 23.9 Å². The first-order valence-electron chi connectivity index (χ1n) is 12.5. The van der Waals surface area contributed by atoms with E-state index in [9.17, 15) is 19.2 Å². The molecular weight excluding hydrogens is 525 g/mol. The highest BCUT2D eigenvalue weighted by atomic mass is 35.5. The number of fused-ring (bicyclic) bond motifs is 5. The molecule has 2 amide bonds. The molecule has 2 saturated carbocycles. The number of amides is 2. The number of ketones is 1. The second-order valence-electron chi connectivity index (χ2n) is 10.1. The maximum atomic E-state index is 13.5. The van der Waals surface area contributed by atoms with E-state index in [1.807, 2.05) is 18.2 Å². The van der Waals surface area contributed by atoms with Crippen LogP contribution in [-0.4, -0.2) is 30.2 Å². The molecule has 1 saturated heterocycles. The summed E-state index contributed by atoms with van der Waals surface area (Å²) >= 11 is 11.9. The monoisotopic (exact) mass is 547 g/mol. The van der Waals surface area contributed by atoms with Crippen molar-refractivity contribution in [2.45, 2.75) is 18.8 Å². The summed E-state index contributed by atoms with van der Waals surface area (Å²) in [7, 11) is 0. The lowest BCUT2D eigenvalue weighted by molar-refractivity contribution is -0.123. The molecule has 0 unspecified atom stereocenters. The van der Waals surface area contributed by atoms with Gasteiger partial charge in [-0.05, 0) is 78.6 Å². The van der Waals surface area contributed by atoms with Crippen LogP contribution in [0.3, 0.4) is 0 Å². The Bertz CT molecular complexity index is 1460. The van der Waals surface area contributed by atoms with E-state index in [1.165, 1.54) is 40.8 Å². The molecule has 3 aromatic carbocycles. The zero-order valence-corrected chi connectivity index (χ0v) is 21.7. The number of hydrogen-bond acceptors (Lipinski definition) is 5. The van der Waals surface area contributed by atoms with Crippen LogP contribution >= 0.6 is 23.2 Å². The fraction of sp³-hybridized carbons (Fsp3) is 0.267. The van der Waals surface area contributed by atoms with Crippen molar-refractivity contribution in [3.63, 3.8) is 0 Å². The second kappa shape index (κ2) is 9.68. The van der Waals surface area contributed by atoms with Gasteiger partial charge in [-0.2, -0.15) is 0 Å². The molecule has 6 rings (SSSR count). The van der Waals surface area contributed by atoms with Crippen LogP contribution in [0, 0.1) is 23.7 Å². The Labute approximate surface area is 229 Å². The Morgan fingerprint density at radius 1 is 0.868 bits per heavy atom. The molecule has 2 bridgehead atoms. The third-order valence-electron chi connectivity index (χ3n) is 8.17. The molecule has 3 aromatic rings. The minimum Gasteiger partial charge on any atom is -0.454 e. The normalized spacial score (nSPS) is 25.5. The molecule has 0 spiro atoms. The largest absolute Gasteiger partial charge is 0.454 e. The lowest BCUT2D eigenvalue weighted by atomic mass is 9.73. The first-order chi connectivity index (χ1) is 18.3. The van der Waals surface area contributed by atoms with Gasteiger partial charge in [0, 0.05) is 10.6 Å². The average Bonchev–Trinajstić information content (AvgIpc) is 3.59. The number of esters is 1. The summed E-state index contributed by atoms with van der Waals surface area (Å²) in [6, 6.07) is 20.8. The molecule has 6 nitrogen and oxygen atoms in total. The first-order valence-corrected chi connectivity index (χ1v) is 13.3. The fourth-order valence-electron chi connectivity index (χ4n) is 6.55. The molecule has 8 heteroatoms. The van der Waals surface area contributed by atoms with E-state index >= 15 is 0 Å². The highest BCUT2D eigenvalue weighted by Gasteiger charge is 2.64. The van der Waals surface area contributed by atoms with Gasteiger partial charge < -0.3 is 4.74 Å². The number of benzene rings is 3. The molecule has 0 radical (unpaired) electrons. The fourth-order valence-corrected chi connectivity index (χ4v) is 7.07. The second-order valence-corrected chi connectivity index (χ2v) is 11.0. The van der Waals surface area contributed by atoms with Gasteiger partial charge in [0.2, 0.25) is 17.6 Å². The van der Waals surface area contributed by atoms with E-state index < -0.39 is 18.4 Å². The topological polar surface area (TPSA) is 80.8 Å². The Balaban J connectivity index is 1.13. The molecule has 5 atom stereocenters. The Morgan fingerprint density at radius 2 is 1.58 bits per heavy atom. The summed E-state index contributed by atoms with van der Waals surface area (Å²) in [6.45, 7) is -0.486. The molecular formula is C30H23Cl2NO5. The maximum Gasteiger partial charge on any atom is 0.338 e. The van der Waals surface area contributed by atoms with Gasteiger partial charge in [-0.15, -0.1) is 0 Å². The van der Waals surface area contributed by atoms with Crippen LogP contribution < -0.4 is 4.90 Å². The SMILES string of the molecule is O=C(OCC(=O)c1ccc(Cl)cc1Cl)c1ccc(N2C(=O)[C@@H]3[C@@H]4C[C@@H]([C@H]3C2=O)[C@H](c2ccccc2)C4)cc1. The van der Waals surface area contributed by atoms with Crippen LogP contribution in [0.4, 0.5) is 5.69 Å². The van der Waals surface area contributed by atoms with Crippen molar-refractivity contribution in [2.75, 3.05) is 11.5 Å². The van der Waals surface area contributed by atoms with Gasteiger partial charge in [-0.3, -0.25) is 19.3 Å². The lowest BCUT2D eigenvalue weighted by Gasteiger charge is -2.28. The smallest absolute Gasteiger partial charge is 0.338 e. The number of Topliss-reactive ketones (excluding diaryl/α,β-unsaturated/α-hetero) is 1. The third-order valence-corrected chi connectivity index (χ3v) is 8.72. The standard InChI is InChI=1S/C30H23Cl2NO5/c31-19-8-11-21(24(32)14-19)25(34)15-38-30(37)17-6-9-20(10-7-17)33-28(35)26-18-12-22(16-4-2-1-3-5-16)23(13-18)27(26)29(33)36/h1-11,14,18,22-23,26-27H,12-13,15H2/t18-,22-,23+,26+,27+/m0/s1. The van der Waals surface area contributed by atoms with Crippen molar-refractivity contribution >= 4 is 52.5 Å². The predicted molar refractivity (Wildman–Crippen MR) is 142 cm³/mol. The van der Waals surface area contributed by atoms with Crippen LogP contribution in [0.15, 0.2) is 72.8 Å². The maximum absolute atomic E-state index is 13.5. The van der Waals surface area contributed by atoms with Crippen molar-refractivity contribution in [2.24, 2.45) is 23.7 Å². The van der Waals surface area contributed by atoms with Crippen LogP contribution in [0.1, 0.15) is 45.0 Å². The van der Waals surface area contributed by atoms with Crippen molar-refractivity contribution in [3.8, 4) is 0 Å². The van der Waals surface area contributed by atoms with Crippen LogP contribution in [0.5, 0.6) is 0 Å². The summed E-state index contributed by atoms with van der Waals surface area (Å²) in [5.74, 6) is -1.39.